The molecule has 3 aliphatic rings. The Kier molecular flexibility index (Phi) is 1.44. The highest BCUT2D eigenvalue weighted by atomic mass is 16.1. The number of rotatable bonds is 1. The molecule has 2 heteroatoms. The summed E-state index contributed by atoms with van der Waals surface area (Å²) in [6, 6.07) is 0. The molecule has 0 aliphatic heterocycles. The standard InChI is InChI=1S/C11H14O2/c12-5-10-8-2-6-1-7(4-8)9(3-6)11(10)13/h5-10H,1-4H2. The lowest BCUT2D eigenvalue weighted by Crippen LogP contribution is -2.39. The second-order valence-corrected chi connectivity index (χ2v) is 5.00. The minimum Gasteiger partial charge on any atom is -0.303 e. The number of ketones is 1. The molecule has 0 amide bonds. The molecule has 3 saturated carbocycles. The largest absolute Gasteiger partial charge is 0.303 e. The van der Waals surface area contributed by atoms with Crippen molar-refractivity contribution in [3.63, 3.8) is 0 Å². The van der Waals surface area contributed by atoms with Crippen molar-refractivity contribution in [3.05, 3.63) is 0 Å². The minimum absolute atomic E-state index is 0.230. The van der Waals surface area contributed by atoms with Crippen molar-refractivity contribution in [2.75, 3.05) is 0 Å². The summed E-state index contributed by atoms with van der Waals surface area (Å²) >= 11 is 0. The molecule has 70 valence electrons. The van der Waals surface area contributed by atoms with Crippen LogP contribution in [-0.4, -0.2) is 12.1 Å². The molecule has 13 heavy (non-hydrogen) atoms. The van der Waals surface area contributed by atoms with Crippen LogP contribution in [-0.2, 0) is 9.59 Å². The van der Waals surface area contributed by atoms with Crippen LogP contribution in [0.5, 0.6) is 0 Å². The van der Waals surface area contributed by atoms with E-state index in [0.29, 0.717) is 11.8 Å². The lowest BCUT2D eigenvalue weighted by Gasteiger charge is -2.36. The van der Waals surface area contributed by atoms with Crippen LogP contribution in [0, 0.1) is 29.6 Å². The van der Waals surface area contributed by atoms with Crippen LogP contribution >= 0.6 is 0 Å². The topological polar surface area (TPSA) is 34.1 Å². The maximum absolute atomic E-state index is 11.8. The molecular formula is C11H14O2. The van der Waals surface area contributed by atoms with Gasteiger partial charge in [-0.25, -0.2) is 0 Å². The minimum atomic E-state index is -0.230. The van der Waals surface area contributed by atoms with Gasteiger partial charge in [0, 0.05) is 5.92 Å². The Morgan fingerprint density at radius 3 is 2.62 bits per heavy atom. The van der Waals surface area contributed by atoms with E-state index in [4.69, 9.17) is 0 Å². The smallest absolute Gasteiger partial charge is 0.146 e. The Labute approximate surface area is 77.7 Å². The Balaban J connectivity index is 2.00. The second kappa shape index (κ2) is 2.43. The second-order valence-electron chi connectivity index (χ2n) is 5.00. The number of carbonyl (C=O) groups is 2. The van der Waals surface area contributed by atoms with Crippen molar-refractivity contribution in [2.24, 2.45) is 29.6 Å². The highest BCUT2D eigenvalue weighted by molar-refractivity contribution is 5.96. The van der Waals surface area contributed by atoms with Crippen LogP contribution in [0.1, 0.15) is 25.7 Å². The number of aldehydes is 1. The summed E-state index contributed by atoms with van der Waals surface area (Å²) < 4.78 is 0. The molecule has 5 atom stereocenters. The molecule has 3 rings (SSSR count). The van der Waals surface area contributed by atoms with E-state index in [1.807, 2.05) is 0 Å². The van der Waals surface area contributed by atoms with Crippen LogP contribution < -0.4 is 0 Å². The molecule has 0 aromatic heterocycles. The van der Waals surface area contributed by atoms with Crippen molar-refractivity contribution in [1.82, 2.24) is 0 Å². The van der Waals surface area contributed by atoms with E-state index >= 15 is 0 Å². The summed E-state index contributed by atoms with van der Waals surface area (Å²) in [7, 11) is 0. The molecular weight excluding hydrogens is 164 g/mol. The Bertz CT molecular complexity index is 269. The van der Waals surface area contributed by atoms with Gasteiger partial charge in [0.15, 0.2) is 0 Å². The Hall–Kier alpha value is -0.660. The molecule has 0 heterocycles. The Morgan fingerprint density at radius 1 is 1.08 bits per heavy atom. The van der Waals surface area contributed by atoms with Crippen molar-refractivity contribution in [2.45, 2.75) is 25.7 Å². The highest BCUT2D eigenvalue weighted by Gasteiger charge is 2.52. The normalized spacial score (nSPS) is 52.6. The van der Waals surface area contributed by atoms with E-state index in [0.717, 1.165) is 31.5 Å². The number of fused-ring (bicyclic) bond motifs is 2. The van der Waals surface area contributed by atoms with Gasteiger partial charge in [0.2, 0.25) is 0 Å². The predicted octanol–water partition coefficient (Wildman–Crippen LogP) is 1.44. The van der Waals surface area contributed by atoms with Crippen molar-refractivity contribution >= 4 is 12.1 Å². The first-order chi connectivity index (χ1) is 6.29. The molecule has 5 unspecified atom stereocenters. The average Bonchev–Trinajstić information content (AvgIpc) is 2.36. The van der Waals surface area contributed by atoms with Gasteiger partial charge in [-0.05, 0) is 43.4 Å². The first-order valence-electron chi connectivity index (χ1n) is 5.28. The van der Waals surface area contributed by atoms with Crippen molar-refractivity contribution in [1.29, 1.82) is 0 Å². The molecule has 3 bridgehead atoms. The van der Waals surface area contributed by atoms with Gasteiger partial charge in [-0.3, -0.25) is 4.79 Å². The average molecular weight is 178 g/mol. The van der Waals surface area contributed by atoms with E-state index < -0.39 is 0 Å². The van der Waals surface area contributed by atoms with E-state index in [1.54, 1.807) is 0 Å². The third-order valence-corrected chi connectivity index (χ3v) is 4.38. The third kappa shape index (κ3) is 0.890. The molecule has 3 fully saturated rings. The summed E-state index contributed by atoms with van der Waals surface area (Å²) in [5, 5.41) is 0. The third-order valence-electron chi connectivity index (χ3n) is 4.38. The fourth-order valence-corrected chi connectivity index (χ4v) is 3.91. The van der Waals surface area contributed by atoms with Crippen LogP contribution in [0.2, 0.25) is 0 Å². The summed E-state index contributed by atoms with van der Waals surface area (Å²) in [6.07, 6.45) is 5.55. The van der Waals surface area contributed by atoms with Gasteiger partial charge in [0.25, 0.3) is 0 Å². The zero-order valence-corrected chi connectivity index (χ0v) is 7.61. The maximum Gasteiger partial charge on any atom is 0.146 e. The van der Waals surface area contributed by atoms with Crippen molar-refractivity contribution < 1.29 is 9.59 Å². The number of hydrogen-bond donors (Lipinski definition) is 0. The van der Waals surface area contributed by atoms with Gasteiger partial charge in [0.05, 0.1) is 5.92 Å². The first-order valence-corrected chi connectivity index (χ1v) is 5.28. The predicted molar refractivity (Wildman–Crippen MR) is 47.0 cm³/mol. The molecule has 0 spiro atoms. The van der Waals surface area contributed by atoms with Crippen LogP contribution in [0.15, 0.2) is 0 Å². The summed E-state index contributed by atoms with van der Waals surface area (Å²) in [4.78, 5) is 22.7. The highest BCUT2D eigenvalue weighted by Crippen LogP contribution is 2.55. The van der Waals surface area contributed by atoms with Crippen LogP contribution in [0.3, 0.4) is 0 Å². The lowest BCUT2D eigenvalue weighted by atomic mass is 9.66. The molecule has 0 aromatic carbocycles. The number of carbonyl (C=O) groups excluding carboxylic acids is 2. The molecule has 3 aliphatic carbocycles. The van der Waals surface area contributed by atoms with E-state index in [9.17, 15) is 9.59 Å². The molecule has 0 radical (unpaired) electrons. The summed E-state index contributed by atoms with van der Waals surface area (Å²) in [6.45, 7) is 0. The van der Waals surface area contributed by atoms with Gasteiger partial charge >= 0.3 is 0 Å². The van der Waals surface area contributed by atoms with Gasteiger partial charge < -0.3 is 4.79 Å². The van der Waals surface area contributed by atoms with Crippen molar-refractivity contribution in [3.8, 4) is 0 Å². The fraction of sp³-hybridized carbons (Fsp3) is 0.818. The zero-order chi connectivity index (χ0) is 9.00. The molecule has 0 N–H and O–H groups in total. The summed E-state index contributed by atoms with van der Waals surface area (Å²) in [5.74, 6) is 2.13. The van der Waals surface area contributed by atoms with E-state index in [2.05, 4.69) is 0 Å². The monoisotopic (exact) mass is 178 g/mol. The van der Waals surface area contributed by atoms with Crippen LogP contribution in [0.25, 0.3) is 0 Å². The van der Waals surface area contributed by atoms with Gasteiger partial charge in [-0.15, -0.1) is 0 Å². The van der Waals surface area contributed by atoms with E-state index in [-0.39, 0.29) is 17.6 Å². The lowest BCUT2D eigenvalue weighted by molar-refractivity contribution is -0.137. The zero-order valence-electron chi connectivity index (χ0n) is 7.61. The van der Waals surface area contributed by atoms with Gasteiger partial charge in [-0.1, -0.05) is 0 Å². The van der Waals surface area contributed by atoms with Gasteiger partial charge in [0.1, 0.15) is 12.1 Å². The van der Waals surface area contributed by atoms with Crippen LogP contribution in [0.4, 0.5) is 0 Å². The summed E-state index contributed by atoms with van der Waals surface area (Å²) in [5.41, 5.74) is 0. The van der Waals surface area contributed by atoms with E-state index in [1.165, 1.54) is 6.42 Å². The number of hydrogen-bond acceptors (Lipinski definition) is 2. The SMILES string of the molecule is O=CC1C(=O)C2CC3CC1CC2C3. The fourth-order valence-electron chi connectivity index (χ4n) is 3.91. The maximum atomic E-state index is 11.8. The van der Waals surface area contributed by atoms with Gasteiger partial charge in [-0.2, -0.15) is 0 Å². The number of Topliss-reactive ketones (excluding diaryl/α,β-unsaturated/α-hetero) is 1. The first kappa shape index (κ1) is 7.72. The molecule has 0 saturated heterocycles. The quantitative estimate of drug-likeness (QED) is 0.449. The Morgan fingerprint density at radius 2 is 1.85 bits per heavy atom. The molecule has 2 nitrogen and oxygen atoms in total. The molecule has 0 aromatic rings.